The van der Waals surface area contributed by atoms with E-state index in [1.165, 1.54) is 10.6 Å². The molecule has 0 saturated heterocycles. The third-order valence-corrected chi connectivity index (χ3v) is 2.67. The first-order valence-electron chi connectivity index (χ1n) is 4.88. The Hall–Kier alpha value is -1.61. The molecule has 0 bridgehead atoms. The second kappa shape index (κ2) is 4.49. The Bertz CT molecular complexity index is 546. The van der Waals surface area contributed by atoms with Crippen LogP contribution in [-0.4, -0.2) is 9.55 Å². The maximum Gasteiger partial charge on any atom is 0.250 e. The van der Waals surface area contributed by atoms with E-state index in [1.807, 2.05) is 12.1 Å². The predicted octanol–water partition coefficient (Wildman–Crippen LogP) is 2.19. The maximum atomic E-state index is 11.2. The van der Waals surface area contributed by atoms with Crippen LogP contribution in [0.15, 0.2) is 41.5 Å². The number of pyridine rings is 2. The van der Waals surface area contributed by atoms with Crippen LogP contribution in [0.3, 0.4) is 0 Å². The highest BCUT2D eigenvalue weighted by atomic mass is 35.5. The molecule has 0 aliphatic carbocycles. The van der Waals surface area contributed by atoms with Gasteiger partial charge in [-0.05, 0) is 17.7 Å². The molecule has 0 aromatic carbocycles. The van der Waals surface area contributed by atoms with Crippen molar-refractivity contribution >= 4 is 11.6 Å². The van der Waals surface area contributed by atoms with Crippen molar-refractivity contribution in [1.82, 2.24) is 9.55 Å². The van der Waals surface area contributed by atoms with Crippen molar-refractivity contribution in [1.29, 1.82) is 0 Å². The molecule has 2 aromatic heterocycles. The van der Waals surface area contributed by atoms with E-state index in [1.54, 1.807) is 25.5 Å². The lowest BCUT2D eigenvalue weighted by Crippen LogP contribution is -2.14. The molecule has 82 valence electrons. The summed E-state index contributed by atoms with van der Waals surface area (Å²) in [6.45, 7) is 0. The van der Waals surface area contributed by atoms with Crippen LogP contribution >= 0.6 is 11.6 Å². The molecule has 0 aliphatic heterocycles. The summed E-state index contributed by atoms with van der Waals surface area (Å²) in [5, 5.41) is 0. The summed E-state index contributed by atoms with van der Waals surface area (Å²) >= 11 is 5.69. The van der Waals surface area contributed by atoms with Crippen molar-refractivity contribution in [2.45, 2.75) is 5.88 Å². The fourth-order valence-electron chi connectivity index (χ4n) is 1.42. The van der Waals surface area contributed by atoms with E-state index < -0.39 is 0 Å². The molecule has 4 heteroatoms. The molecule has 0 saturated carbocycles. The smallest absolute Gasteiger partial charge is 0.250 e. The number of hydrogen-bond donors (Lipinski definition) is 0. The van der Waals surface area contributed by atoms with Crippen molar-refractivity contribution in [2.75, 3.05) is 0 Å². The number of alkyl halides is 1. The van der Waals surface area contributed by atoms with Crippen molar-refractivity contribution in [3.63, 3.8) is 0 Å². The maximum absolute atomic E-state index is 11.2. The van der Waals surface area contributed by atoms with Crippen molar-refractivity contribution < 1.29 is 0 Å². The molecule has 0 spiro atoms. The summed E-state index contributed by atoms with van der Waals surface area (Å²) in [6, 6.07) is 7.13. The van der Waals surface area contributed by atoms with Gasteiger partial charge in [0, 0.05) is 37.0 Å². The highest BCUT2D eigenvalue weighted by Gasteiger charge is 2.00. The lowest BCUT2D eigenvalue weighted by atomic mass is 10.2. The monoisotopic (exact) mass is 234 g/mol. The summed E-state index contributed by atoms with van der Waals surface area (Å²) in [4.78, 5) is 15.5. The minimum absolute atomic E-state index is 0.0267. The first kappa shape index (κ1) is 10.9. The second-order valence-corrected chi connectivity index (χ2v) is 3.82. The number of aromatic nitrogens is 2. The van der Waals surface area contributed by atoms with Crippen LogP contribution in [0.4, 0.5) is 0 Å². The largest absolute Gasteiger partial charge is 0.318 e. The molecule has 0 atom stereocenters. The lowest BCUT2D eigenvalue weighted by molar-refractivity contribution is 0.861. The lowest BCUT2D eigenvalue weighted by Gasteiger charge is -2.03. The minimum atomic E-state index is -0.0267. The van der Waals surface area contributed by atoms with Gasteiger partial charge in [0.1, 0.15) is 0 Å². The normalized spacial score (nSPS) is 10.4. The van der Waals surface area contributed by atoms with E-state index >= 15 is 0 Å². The van der Waals surface area contributed by atoms with Gasteiger partial charge in [0.2, 0.25) is 5.56 Å². The van der Waals surface area contributed by atoms with Crippen molar-refractivity contribution in [2.24, 2.45) is 7.05 Å². The molecule has 0 fully saturated rings. The van der Waals surface area contributed by atoms with Crippen LogP contribution < -0.4 is 5.56 Å². The highest BCUT2D eigenvalue weighted by molar-refractivity contribution is 6.17. The van der Waals surface area contributed by atoms with Crippen LogP contribution in [0.2, 0.25) is 0 Å². The van der Waals surface area contributed by atoms with Crippen molar-refractivity contribution in [3.8, 4) is 11.3 Å². The van der Waals surface area contributed by atoms with E-state index in [2.05, 4.69) is 4.98 Å². The Balaban J connectivity index is 2.42. The number of hydrogen-bond acceptors (Lipinski definition) is 2. The Kier molecular flexibility index (Phi) is 3.06. The van der Waals surface area contributed by atoms with Crippen LogP contribution in [0.1, 0.15) is 5.56 Å². The van der Waals surface area contributed by atoms with Crippen LogP contribution in [0.25, 0.3) is 11.3 Å². The number of rotatable bonds is 2. The number of aryl methyl sites for hydroxylation is 1. The van der Waals surface area contributed by atoms with Gasteiger partial charge in [0.05, 0.1) is 5.69 Å². The molecule has 0 amide bonds. The average Bonchev–Trinajstić information content (AvgIpc) is 2.33. The molecule has 2 heterocycles. The topological polar surface area (TPSA) is 34.9 Å². The van der Waals surface area contributed by atoms with E-state index in [0.29, 0.717) is 5.88 Å². The molecule has 0 N–H and O–H groups in total. The Morgan fingerprint density at radius 3 is 2.69 bits per heavy atom. The summed E-state index contributed by atoms with van der Waals surface area (Å²) in [6.07, 6.45) is 3.51. The van der Waals surface area contributed by atoms with E-state index in [4.69, 9.17) is 11.6 Å². The van der Waals surface area contributed by atoms with Crippen LogP contribution in [-0.2, 0) is 12.9 Å². The van der Waals surface area contributed by atoms with Gasteiger partial charge < -0.3 is 4.57 Å². The number of halogens is 1. The highest BCUT2D eigenvalue weighted by Crippen LogP contribution is 2.15. The van der Waals surface area contributed by atoms with Gasteiger partial charge in [0.25, 0.3) is 0 Å². The summed E-state index contributed by atoms with van der Waals surface area (Å²) < 4.78 is 1.53. The van der Waals surface area contributed by atoms with E-state index in [-0.39, 0.29) is 5.56 Å². The third kappa shape index (κ3) is 2.14. The summed E-state index contributed by atoms with van der Waals surface area (Å²) in [7, 11) is 1.72. The molecule has 16 heavy (non-hydrogen) atoms. The minimum Gasteiger partial charge on any atom is -0.318 e. The van der Waals surface area contributed by atoms with Gasteiger partial charge in [0.15, 0.2) is 0 Å². The van der Waals surface area contributed by atoms with Crippen LogP contribution in [0, 0.1) is 0 Å². The van der Waals surface area contributed by atoms with Gasteiger partial charge in [-0.2, -0.15) is 0 Å². The Labute approximate surface area is 98.3 Å². The molecular weight excluding hydrogens is 224 g/mol. The fraction of sp³-hybridized carbons (Fsp3) is 0.167. The Morgan fingerprint density at radius 2 is 2.12 bits per heavy atom. The van der Waals surface area contributed by atoms with Crippen LogP contribution in [0.5, 0.6) is 0 Å². The predicted molar refractivity (Wildman–Crippen MR) is 64.5 cm³/mol. The zero-order valence-corrected chi connectivity index (χ0v) is 9.61. The molecule has 3 nitrogen and oxygen atoms in total. The quantitative estimate of drug-likeness (QED) is 0.747. The zero-order chi connectivity index (χ0) is 11.5. The van der Waals surface area contributed by atoms with Crippen molar-refractivity contribution in [3.05, 3.63) is 52.6 Å². The molecule has 2 rings (SSSR count). The van der Waals surface area contributed by atoms with E-state index in [0.717, 1.165) is 16.8 Å². The van der Waals surface area contributed by atoms with E-state index in [9.17, 15) is 4.79 Å². The van der Waals surface area contributed by atoms with Gasteiger partial charge in [-0.3, -0.25) is 9.78 Å². The molecular formula is C12H11ClN2O. The van der Waals surface area contributed by atoms with Gasteiger partial charge in [-0.1, -0.05) is 6.07 Å². The Morgan fingerprint density at radius 1 is 1.31 bits per heavy atom. The number of nitrogens with zero attached hydrogens (tertiary/aromatic N) is 2. The molecule has 0 aliphatic rings. The molecule has 2 aromatic rings. The zero-order valence-electron chi connectivity index (χ0n) is 8.85. The van der Waals surface area contributed by atoms with Gasteiger partial charge in [-0.25, -0.2) is 0 Å². The third-order valence-electron chi connectivity index (χ3n) is 2.36. The second-order valence-electron chi connectivity index (χ2n) is 3.55. The molecule has 0 unspecified atom stereocenters. The summed E-state index contributed by atoms with van der Waals surface area (Å²) in [5.41, 5.74) is 2.71. The van der Waals surface area contributed by atoms with Gasteiger partial charge >= 0.3 is 0 Å². The standard InChI is InChI=1S/C12H11ClN2O/c1-15-8-10(3-5-12(15)16)11-4-2-9(6-13)7-14-11/h2-5,7-8H,6H2,1H3. The fourth-order valence-corrected chi connectivity index (χ4v) is 1.58. The molecule has 0 radical (unpaired) electrons. The van der Waals surface area contributed by atoms with Gasteiger partial charge in [-0.15, -0.1) is 11.6 Å². The SMILES string of the molecule is Cn1cc(-c2ccc(CCl)cn2)ccc1=O. The first-order valence-corrected chi connectivity index (χ1v) is 5.42. The average molecular weight is 235 g/mol. The summed E-state index contributed by atoms with van der Waals surface area (Å²) in [5.74, 6) is 0.459. The first-order chi connectivity index (χ1) is 7.70.